The second-order valence-electron chi connectivity index (χ2n) is 5.47. The van der Waals surface area contributed by atoms with Crippen molar-refractivity contribution < 1.29 is 19.1 Å². The number of rotatable bonds is 5. The number of nitrogens with zero attached hydrogens (tertiary/aromatic N) is 1. The van der Waals surface area contributed by atoms with Gasteiger partial charge in [0.25, 0.3) is 5.91 Å². The highest BCUT2D eigenvalue weighted by atomic mass is 16.5. The lowest BCUT2D eigenvalue weighted by molar-refractivity contribution is -0.122. The zero-order valence-corrected chi connectivity index (χ0v) is 13.4. The van der Waals surface area contributed by atoms with Gasteiger partial charge in [0.1, 0.15) is 11.3 Å². The fourth-order valence-electron chi connectivity index (χ4n) is 2.34. The fourth-order valence-corrected chi connectivity index (χ4v) is 2.34. The first kappa shape index (κ1) is 16.0. The monoisotopic (exact) mass is 326 g/mol. The normalized spacial score (nSPS) is 12.1. The van der Waals surface area contributed by atoms with Crippen LogP contribution in [-0.4, -0.2) is 22.1 Å². The molecule has 1 atom stereocenters. The molecule has 0 aliphatic rings. The Morgan fingerprint density at radius 1 is 1.33 bits per heavy atom. The van der Waals surface area contributed by atoms with Gasteiger partial charge in [0.2, 0.25) is 0 Å². The maximum atomic E-state index is 12.3. The summed E-state index contributed by atoms with van der Waals surface area (Å²) in [5, 5.41) is 11.9. The van der Waals surface area contributed by atoms with E-state index in [2.05, 4.69) is 10.3 Å². The van der Waals surface area contributed by atoms with E-state index in [9.17, 15) is 4.79 Å². The van der Waals surface area contributed by atoms with Gasteiger partial charge in [-0.15, -0.1) is 0 Å². The lowest BCUT2D eigenvalue weighted by atomic mass is 10.2. The molecule has 6 heteroatoms. The number of benzene rings is 2. The first-order chi connectivity index (χ1) is 11.5. The molecule has 6 nitrogen and oxygen atoms in total. The zero-order chi connectivity index (χ0) is 17.1. The van der Waals surface area contributed by atoms with Crippen molar-refractivity contribution in [1.82, 2.24) is 4.98 Å². The van der Waals surface area contributed by atoms with E-state index >= 15 is 0 Å². The molecule has 2 N–H and O–H groups in total. The van der Waals surface area contributed by atoms with Crippen molar-refractivity contribution in [3.8, 4) is 5.75 Å². The molecule has 0 spiro atoms. The Morgan fingerprint density at radius 2 is 2.17 bits per heavy atom. The van der Waals surface area contributed by atoms with Crippen molar-refractivity contribution in [2.45, 2.75) is 26.6 Å². The third-order valence-electron chi connectivity index (χ3n) is 3.53. The number of carbonyl (C=O) groups is 1. The van der Waals surface area contributed by atoms with Crippen molar-refractivity contribution in [2.75, 3.05) is 5.32 Å². The van der Waals surface area contributed by atoms with E-state index in [1.807, 2.05) is 0 Å². The SMILES string of the molecule is Cc1nc2cc(NC(=O)C(C)Oc3cccc(CO)c3)ccc2o1. The molecular formula is C18H18N2O4. The van der Waals surface area contributed by atoms with Crippen LogP contribution in [0.25, 0.3) is 11.1 Å². The number of amides is 1. The maximum absolute atomic E-state index is 12.3. The van der Waals surface area contributed by atoms with Crippen LogP contribution >= 0.6 is 0 Å². The van der Waals surface area contributed by atoms with Crippen LogP contribution in [0.5, 0.6) is 5.75 Å². The molecule has 24 heavy (non-hydrogen) atoms. The van der Waals surface area contributed by atoms with E-state index in [4.69, 9.17) is 14.3 Å². The molecule has 3 rings (SSSR count). The van der Waals surface area contributed by atoms with E-state index < -0.39 is 6.10 Å². The molecule has 0 saturated heterocycles. The first-order valence-electron chi connectivity index (χ1n) is 7.59. The van der Waals surface area contributed by atoms with E-state index in [0.717, 1.165) is 5.56 Å². The maximum Gasteiger partial charge on any atom is 0.265 e. The second-order valence-corrected chi connectivity index (χ2v) is 5.47. The van der Waals surface area contributed by atoms with Crippen molar-refractivity contribution in [2.24, 2.45) is 0 Å². The lowest BCUT2D eigenvalue weighted by Crippen LogP contribution is -2.30. The summed E-state index contributed by atoms with van der Waals surface area (Å²) in [5.74, 6) is 0.838. The van der Waals surface area contributed by atoms with Crippen LogP contribution in [0.15, 0.2) is 46.9 Å². The van der Waals surface area contributed by atoms with Crippen LogP contribution < -0.4 is 10.1 Å². The minimum absolute atomic E-state index is 0.0745. The van der Waals surface area contributed by atoms with Gasteiger partial charge >= 0.3 is 0 Å². The van der Waals surface area contributed by atoms with Crippen LogP contribution in [0.2, 0.25) is 0 Å². The summed E-state index contributed by atoms with van der Waals surface area (Å²) in [4.78, 5) is 16.5. The van der Waals surface area contributed by atoms with Crippen LogP contribution in [0.3, 0.4) is 0 Å². The summed E-state index contributed by atoms with van der Waals surface area (Å²) in [6.07, 6.45) is -0.686. The van der Waals surface area contributed by atoms with E-state index in [1.165, 1.54) is 0 Å². The molecular weight excluding hydrogens is 308 g/mol. The van der Waals surface area contributed by atoms with Gasteiger partial charge in [0, 0.05) is 12.6 Å². The standard InChI is InChI=1S/C18H18N2O4/c1-11(23-15-5-3-4-13(8-15)10-21)18(22)20-14-6-7-17-16(9-14)19-12(2)24-17/h3-9,11,21H,10H2,1-2H3,(H,20,22). The number of ether oxygens (including phenoxy) is 1. The third-order valence-corrected chi connectivity index (χ3v) is 3.53. The minimum atomic E-state index is -0.686. The Balaban J connectivity index is 1.68. The van der Waals surface area contributed by atoms with Gasteiger partial charge in [-0.25, -0.2) is 4.98 Å². The summed E-state index contributed by atoms with van der Waals surface area (Å²) in [6.45, 7) is 3.36. The third kappa shape index (κ3) is 3.55. The average molecular weight is 326 g/mol. The Kier molecular flexibility index (Phi) is 4.48. The molecule has 0 aliphatic carbocycles. The quantitative estimate of drug-likeness (QED) is 0.753. The lowest BCUT2D eigenvalue weighted by Gasteiger charge is -2.15. The largest absolute Gasteiger partial charge is 0.481 e. The molecule has 1 aromatic heterocycles. The summed E-state index contributed by atoms with van der Waals surface area (Å²) in [5.41, 5.74) is 2.72. The van der Waals surface area contributed by atoms with Gasteiger partial charge in [-0.1, -0.05) is 12.1 Å². The Hall–Kier alpha value is -2.86. The minimum Gasteiger partial charge on any atom is -0.481 e. The Labute approximate surface area is 139 Å². The number of aliphatic hydroxyl groups excluding tert-OH is 1. The summed E-state index contributed by atoms with van der Waals surface area (Å²) >= 11 is 0. The van der Waals surface area contributed by atoms with E-state index in [0.29, 0.717) is 28.4 Å². The zero-order valence-electron chi connectivity index (χ0n) is 13.4. The summed E-state index contributed by atoms with van der Waals surface area (Å²) in [6, 6.07) is 12.3. The summed E-state index contributed by atoms with van der Waals surface area (Å²) in [7, 11) is 0. The Morgan fingerprint density at radius 3 is 2.96 bits per heavy atom. The highest BCUT2D eigenvalue weighted by molar-refractivity contribution is 5.95. The molecule has 1 heterocycles. The average Bonchev–Trinajstić information content (AvgIpc) is 2.94. The van der Waals surface area contributed by atoms with Crippen molar-refractivity contribution in [3.63, 3.8) is 0 Å². The number of oxazole rings is 1. The van der Waals surface area contributed by atoms with Gasteiger partial charge < -0.3 is 19.6 Å². The van der Waals surface area contributed by atoms with Gasteiger partial charge in [-0.2, -0.15) is 0 Å². The van der Waals surface area contributed by atoms with Gasteiger partial charge in [0.15, 0.2) is 17.6 Å². The van der Waals surface area contributed by atoms with Crippen LogP contribution in [-0.2, 0) is 11.4 Å². The Bertz CT molecular complexity index is 872. The van der Waals surface area contributed by atoms with Crippen LogP contribution in [0.4, 0.5) is 5.69 Å². The van der Waals surface area contributed by atoms with Crippen molar-refractivity contribution in [1.29, 1.82) is 0 Å². The number of aryl methyl sites for hydroxylation is 1. The van der Waals surface area contributed by atoms with Crippen molar-refractivity contribution >= 4 is 22.7 Å². The highest BCUT2D eigenvalue weighted by Gasteiger charge is 2.15. The highest BCUT2D eigenvalue weighted by Crippen LogP contribution is 2.20. The molecule has 124 valence electrons. The van der Waals surface area contributed by atoms with Gasteiger partial charge in [-0.3, -0.25) is 4.79 Å². The number of hydrogen-bond acceptors (Lipinski definition) is 5. The second kappa shape index (κ2) is 6.72. The molecule has 1 unspecified atom stereocenters. The van der Waals surface area contributed by atoms with Gasteiger partial charge in [-0.05, 0) is 42.8 Å². The van der Waals surface area contributed by atoms with Crippen molar-refractivity contribution in [3.05, 3.63) is 53.9 Å². The summed E-state index contributed by atoms with van der Waals surface area (Å²) < 4.78 is 11.0. The molecule has 1 amide bonds. The molecule has 0 saturated carbocycles. The molecule has 0 aliphatic heterocycles. The van der Waals surface area contributed by atoms with E-state index in [-0.39, 0.29) is 12.5 Å². The predicted molar refractivity (Wildman–Crippen MR) is 89.8 cm³/mol. The van der Waals surface area contributed by atoms with Crippen LogP contribution in [0.1, 0.15) is 18.4 Å². The van der Waals surface area contributed by atoms with E-state index in [1.54, 1.807) is 56.3 Å². The number of fused-ring (bicyclic) bond motifs is 1. The number of anilines is 1. The van der Waals surface area contributed by atoms with Crippen LogP contribution in [0, 0.1) is 6.92 Å². The number of carbonyl (C=O) groups excluding carboxylic acids is 1. The molecule has 2 aromatic carbocycles. The first-order valence-corrected chi connectivity index (χ1v) is 7.59. The molecule has 3 aromatic rings. The molecule has 0 fully saturated rings. The fraction of sp³-hybridized carbons (Fsp3) is 0.222. The molecule has 0 radical (unpaired) electrons. The number of hydrogen-bond donors (Lipinski definition) is 2. The smallest absolute Gasteiger partial charge is 0.265 e. The number of nitrogens with one attached hydrogen (secondary N) is 1. The molecule has 0 bridgehead atoms. The predicted octanol–water partition coefficient (Wildman–Crippen LogP) is 3.03. The topological polar surface area (TPSA) is 84.6 Å². The van der Waals surface area contributed by atoms with Gasteiger partial charge in [0.05, 0.1) is 6.61 Å². The number of aromatic nitrogens is 1. The number of aliphatic hydroxyl groups is 1.